The summed E-state index contributed by atoms with van der Waals surface area (Å²) in [5.74, 6) is -0.104. The fourth-order valence-electron chi connectivity index (χ4n) is 2.61. The van der Waals surface area contributed by atoms with Crippen molar-refractivity contribution in [2.24, 2.45) is 0 Å². The first-order valence-corrected chi connectivity index (χ1v) is 7.77. The van der Waals surface area contributed by atoms with E-state index >= 15 is 0 Å². The SMILES string of the molecule is O=C(NCCCN1CCOCC1)c1ccc2ccccc2n1. The summed E-state index contributed by atoms with van der Waals surface area (Å²) in [5, 5.41) is 3.99. The second-order valence-electron chi connectivity index (χ2n) is 5.45. The van der Waals surface area contributed by atoms with E-state index in [1.54, 1.807) is 6.07 Å². The number of rotatable bonds is 5. The molecule has 1 fully saturated rings. The van der Waals surface area contributed by atoms with E-state index in [0.717, 1.165) is 50.2 Å². The molecule has 2 heterocycles. The number of nitrogens with one attached hydrogen (secondary N) is 1. The smallest absolute Gasteiger partial charge is 0.269 e. The Morgan fingerprint density at radius 1 is 1.18 bits per heavy atom. The first-order valence-electron chi connectivity index (χ1n) is 7.77. The van der Waals surface area contributed by atoms with Crippen molar-refractivity contribution >= 4 is 16.8 Å². The van der Waals surface area contributed by atoms with Crippen LogP contribution >= 0.6 is 0 Å². The summed E-state index contributed by atoms with van der Waals surface area (Å²) in [6.07, 6.45) is 0.944. The molecule has 0 aliphatic carbocycles. The van der Waals surface area contributed by atoms with Crippen LogP contribution < -0.4 is 5.32 Å². The van der Waals surface area contributed by atoms with Crippen molar-refractivity contribution in [2.75, 3.05) is 39.4 Å². The predicted octanol–water partition coefficient (Wildman–Crippen LogP) is 1.69. The number of morpholine rings is 1. The molecule has 5 heteroatoms. The Morgan fingerprint density at radius 2 is 2.00 bits per heavy atom. The monoisotopic (exact) mass is 299 g/mol. The Labute approximate surface area is 130 Å². The van der Waals surface area contributed by atoms with Crippen molar-refractivity contribution in [3.05, 3.63) is 42.1 Å². The summed E-state index contributed by atoms with van der Waals surface area (Å²) in [7, 11) is 0. The molecule has 1 aliphatic rings. The Hall–Kier alpha value is -1.98. The number of benzene rings is 1. The zero-order chi connectivity index (χ0) is 15.2. The number of pyridine rings is 1. The Morgan fingerprint density at radius 3 is 2.86 bits per heavy atom. The standard InChI is InChI=1S/C17H21N3O2/c21-17(18-8-3-9-20-10-12-22-13-11-20)16-7-6-14-4-1-2-5-15(14)19-16/h1-2,4-7H,3,8-13H2,(H,18,21). The van der Waals surface area contributed by atoms with Crippen molar-refractivity contribution in [3.8, 4) is 0 Å². The van der Waals surface area contributed by atoms with Crippen LogP contribution in [0.2, 0.25) is 0 Å². The molecule has 22 heavy (non-hydrogen) atoms. The van der Waals surface area contributed by atoms with Gasteiger partial charge in [-0.25, -0.2) is 4.98 Å². The third-order valence-corrected chi connectivity index (χ3v) is 3.87. The number of aromatic nitrogens is 1. The summed E-state index contributed by atoms with van der Waals surface area (Å²) in [4.78, 5) is 18.9. The van der Waals surface area contributed by atoms with Crippen molar-refractivity contribution in [1.29, 1.82) is 0 Å². The quantitative estimate of drug-likeness (QED) is 0.854. The number of ether oxygens (including phenoxy) is 1. The van der Waals surface area contributed by atoms with E-state index in [1.165, 1.54) is 0 Å². The summed E-state index contributed by atoms with van der Waals surface area (Å²) in [5.41, 5.74) is 1.33. The van der Waals surface area contributed by atoms with Gasteiger partial charge >= 0.3 is 0 Å². The van der Waals surface area contributed by atoms with Crippen molar-refractivity contribution < 1.29 is 9.53 Å². The highest BCUT2D eigenvalue weighted by atomic mass is 16.5. The Bertz CT molecular complexity index is 639. The molecule has 1 amide bonds. The van der Waals surface area contributed by atoms with Gasteiger partial charge in [0.2, 0.25) is 0 Å². The summed E-state index contributed by atoms with van der Waals surface area (Å²) in [6, 6.07) is 11.5. The topological polar surface area (TPSA) is 54.5 Å². The zero-order valence-electron chi connectivity index (χ0n) is 12.6. The number of carbonyl (C=O) groups excluding carboxylic acids is 1. The van der Waals surface area contributed by atoms with E-state index in [-0.39, 0.29) is 5.91 Å². The average Bonchev–Trinajstić information content (AvgIpc) is 2.59. The van der Waals surface area contributed by atoms with Gasteiger partial charge in [-0.3, -0.25) is 9.69 Å². The number of carbonyl (C=O) groups is 1. The van der Waals surface area contributed by atoms with Gasteiger partial charge in [0.1, 0.15) is 5.69 Å². The minimum atomic E-state index is -0.104. The van der Waals surface area contributed by atoms with E-state index < -0.39 is 0 Å². The fraction of sp³-hybridized carbons (Fsp3) is 0.412. The third-order valence-electron chi connectivity index (χ3n) is 3.87. The lowest BCUT2D eigenvalue weighted by Gasteiger charge is -2.26. The summed E-state index contributed by atoms with van der Waals surface area (Å²) in [6.45, 7) is 5.26. The predicted molar refractivity (Wildman–Crippen MR) is 86.0 cm³/mol. The number of para-hydroxylation sites is 1. The lowest BCUT2D eigenvalue weighted by atomic mass is 10.2. The van der Waals surface area contributed by atoms with Crippen LogP contribution in [0.3, 0.4) is 0 Å². The average molecular weight is 299 g/mol. The van der Waals surface area contributed by atoms with Crippen molar-refractivity contribution in [1.82, 2.24) is 15.2 Å². The van der Waals surface area contributed by atoms with Gasteiger partial charge in [0, 0.05) is 25.0 Å². The van der Waals surface area contributed by atoms with Gasteiger partial charge in [-0.1, -0.05) is 24.3 Å². The largest absolute Gasteiger partial charge is 0.379 e. The lowest BCUT2D eigenvalue weighted by Crippen LogP contribution is -2.38. The molecular formula is C17H21N3O2. The van der Waals surface area contributed by atoms with Gasteiger partial charge in [-0.05, 0) is 25.1 Å². The van der Waals surface area contributed by atoms with Crippen LogP contribution in [-0.4, -0.2) is 55.2 Å². The minimum Gasteiger partial charge on any atom is -0.379 e. The zero-order valence-corrected chi connectivity index (χ0v) is 12.6. The van der Waals surface area contributed by atoms with E-state index in [1.807, 2.05) is 30.3 Å². The maximum atomic E-state index is 12.1. The number of nitrogens with zero attached hydrogens (tertiary/aromatic N) is 2. The number of fused-ring (bicyclic) bond motifs is 1. The van der Waals surface area contributed by atoms with Crippen LogP contribution in [0.25, 0.3) is 10.9 Å². The highest BCUT2D eigenvalue weighted by Gasteiger charge is 2.10. The molecule has 0 spiro atoms. The molecule has 1 saturated heterocycles. The molecule has 1 N–H and O–H groups in total. The number of hydrogen-bond donors (Lipinski definition) is 1. The highest BCUT2D eigenvalue weighted by molar-refractivity contribution is 5.94. The maximum Gasteiger partial charge on any atom is 0.269 e. The Kier molecular flexibility index (Phi) is 4.98. The second-order valence-corrected chi connectivity index (χ2v) is 5.45. The number of amides is 1. The summed E-state index contributed by atoms with van der Waals surface area (Å²) >= 11 is 0. The van der Waals surface area contributed by atoms with Crippen LogP contribution in [0.4, 0.5) is 0 Å². The second kappa shape index (κ2) is 7.33. The molecule has 2 aromatic rings. The Balaban J connectivity index is 1.48. The van der Waals surface area contributed by atoms with Gasteiger partial charge in [-0.15, -0.1) is 0 Å². The van der Waals surface area contributed by atoms with Crippen LogP contribution in [0.15, 0.2) is 36.4 Å². The number of hydrogen-bond acceptors (Lipinski definition) is 4. The van der Waals surface area contributed by atoms with Gasteiger partial charge in [0.15, 0.2) is 0 Å². The van der Waals surface area contributed by atoms with E-state index in [4.69, 9.17) is 4.74 Å². The maximum absolute atomic E-state index is 12.1. The molecule has 3 rings (SSSR count). The van der Waals surface area contributed by atoms with Gasteiger partial charge < -0.3 is 10.1 Å². The molecular weight excluding hydrogens is 278 g/mol. The van der Waals surface area contributed by atoms with Gasteiger partial charge in [0.05, 0.1) is 18.7 Å². The van der Waals surface area contributed by atoms with Crippen molar-refractivity contribution in [3.63, 3.8) is 0 Å². The van der Waals surface area contributed by atoms with Gasteiger partial charge in [-0.2, -0.15) is 0 Å². The minimum absolute atomic E-state index is 0.104. The molecule has 5 nitrogen and oxygen atoms in total. The molecule has 1 aliphatic heterocycles. The van der Waals surface area contributed by atoms with Crippen LogP contribution in [-0.2, 0) is 4.74 Å². The highest BCUT2D eigenvalue weighted by Crippen LogP contribution is 2.11. The van der Waals surface area contributed by atoms with Crippen LogP contribution in [0.1, 0.15) is 16.9 Å². The fourth-order valence-corrected chi connectivity index (χ4v) is 2.61. The molecule has 0 saturated carbocycles. The van der Waals surface area contributed by atoms with E-state index in [9.17, 15) is 4.79 Å². The normalized spacial score (nSPS) is 15.8. The van der Waals surface area contributed by atoms with Crippen molar-refractivity contribution in [2.45, 2.75) is 6.42 Å². The van der Waals surface area contributed by atoms with E-state index in [2.05, 4.69) is 15.2 Å². The lowest BCUT2D eigenvalue weighted by molar-refractivity contribution is 0.0374. The summed E-state index contributed by atoms with van der Waals surface area (Å²) < 4.78 is 5.32. The third kappa shape index (κ3) is 3.81. The molecule has 0 radical (unpaired) electrons. The molecule has 0 bridgehead atoms. The molecule has 1 aromatic carbocycles. The van der Waals surface area contributed by atoms with Crippen LogP contribution in [0, 0.1) is 0 Å². The molecule has 0 atom stereocenters. The van der Waals surface area contributed by atoms with Gasteiger partial charge in [0.25, 0.3) is 5.91 Å². The first kappa shape index (κ1) is 14.9. The van der Waals surface area contributed by atoms with E-state index in [0.29, 0.717) is 12.2 Å². The molecule has 1 aromatic heterocycles. The first-order chi connectivity index (χ1) is 10.8. The molecule has 0 unspecified atom stereocenters. The van der Waals surface area contributed by atoms with Crippen LogP contribution in [0.5, 0.6) is 0 Å². The molecule has 116 valence electrons.